The van der Waals surface area contributed by atoms with Gasteiger partial charge in [0.2, 0.25) is 0 Å². The Morgan fingerprint density at radius 1 is 0.517 bits per heavy atom. The number of allylic oxidation sites excluding steroid dienone is 1. The standard InChI is InChI=1S/C16H23N.C15H23N.C11H16.C10H13I.C10H12O2.C10H14O.C6H11NO.ClH/c1-14(16-6-4-3-5-7-16)8-9-15-10-12-17(2)13-11-15;1-13(15-5-3-2-4-6-15)7-8-14-9-11-16-12-10-14;1-3-7-10(2)11-8-5-4-6-9-11;1-9(7-8-11)10-5-3-2-4-6-10;1-8(7-10(11)12)9-5-3-2-4-6-9;1-9(7-8-11)10-5-3-2-4-6-10;1-7-4-2-6(8)3-5-7;/h3-7,9,14H,8,10-13H2,1-2H3;2-6,13-14,16H,7-12H2,1H3;4-6,8-10H,3,7H2,1-2H3;2-6,9H,7-8H2,1H3;2-6,8H,7H2,1H3,(H,11,12);2-6,9,11H,7-8H2,1H3;2-5H2,1H3;1H/t14-;13-;10-;9-;8-;9-;;/m111111../s1. The van der Waals surface area contributed by atoms with Crippen molar-refractivity contribution in [2.24, 2.45) is 5.92 Å². The molecule has 3 heterocycles. The van der Waals surface area contributed by atoms with Crippen molar-refractivity contribution in [3.8, 4) is 0 Å². The summed E-state index contributed by atoms with van der Waals surface area (Å²) >= 11 is 2.43. The molecule has 3 aliphatic heterocycles. The fourth-order valence-corrected chi connectivity index (χ4v) is 11.6. The van der Waals surface area contributed by atoms with Crippen LogP contribution in [0.2, 0.25) is 0 Å². The number of halogens is 2. The third-order valence-electron chi connectivity index (χ3n) is 16.9. The lowest BCUT2D eigenvalue weighted by molar-refractivity contribution is -0.137. The van der Waals surface area contributed by atoms with E-state index in [4.69, 9.17) is 10.2 Å². The van der Waals surface area contributed by atoms with Crippen molar-refractivity contribution < 1.29 is 19.8 Å². The first-order chi connectivity index (χ1) is 41.6. The largest absolute Gasteiger partial charge is 0.481 e. The van der Waals surface area contributed by atoms with Gasteiger partial charge in [0.1, 0.15) is 5.78 Å². The van der Waals surface area contributed by atoms with Crippen molar-refractivity contribution in [2.75, 3.05) is 64.4 Å². The molecule has 9 rings (SSSR count). The van der Waals surface area contributed by atoms with Crippen LogP contribution >= 0.6 is 35.0 Å². The predicted octanol–water partition coefficient (Wildman–Crippen LogP) is 19.7. The number of hydrogen-bond acceptors (Lipinski definition) is 6. The van der Waals surface area contributed by atoms with Crippen molar-refractivity contribution in [1.82, 2.24) is 15.1 Å². The Balaban J connectivity index is 0.000000350. The van der Waals surface area contributed by atoms with Gasteiger partial charge >= 0.3 is 5.97 Å². The van der Waals surface area contributed by atoms with E-state index in [1.807, 2.05) is 62.5 Å². The number of benzene rings is 6. The predicted molar refractivity (Wildman–Crippen MR) is 385 cm³/mol. The average Bonchev–Trinajstić information content (AvgIpc) is 3.60. The lowest BCUT2D eigenvalue weighted by Crippen LogP contribution is -2.29. The van der Waals surface area contributed by atoms with Crippen LogP contribution in [0.5, 0.6) is 0 Å². The summed E-state index contributed by atoms with van der Waals surface area (Å²) in [5.41, 5.74) is 9.93. The van der Waals surface area contributed by atoms with E-state index in [0.29, 0.717) is 23.5 Å². The molecule has 0 saturated carbocycles. The zero-order chi connectivity index (χ0) is 62.6. The summed E-state index contributed by atoms with van der Waals surface area (Å²) in [5, 5.41) is 20.7. The molecule has 3 saturated heterocycles. The first kappa shape index (κ1) is 78.2. The molecule has 0 bridgehead atoms. The van der Waals surface area contributed by atoms with Crippen LogP contribution in [0.4, 0.5) is 0 Å². The number of alkyl halides is 1. The number of aliphatic carboxylic acids is 1. The second-order valence-electron chi connectivity index (χ2n) is 24.3. The van der Waals surface area contributed by atoms with Crippen LogP contribution in [-0.2, 0) is 9.59 Å². The average molecular weight is 1320 g/mol. The number of nitrogens with one attached hydrogen (secondary N) is 1. The molecule has 3 N–H and O–H groups in total. The summed E-state index contributed by atoms with van der Waals surface area (Å²) in [7, 11) is 4.26. The molecular formula is C78H113ClIN3O4. The fourth-order valence-electron chi connectivity index (χ4n) is 10.6. The number of aliphatic hydroxyl groups excluding tert-OH is 1. The van der Waals surface area contributed by atoms with Gasteiger partial charge in [0.25, 0.3) is 0 Å². The maximum absolute atomic E-state index is 10.6. The number of carbonyl (C=O) groups excluding carboxylic acids is 1. The summed E-state index contributed by atoms with van der Waals surface area (Å²) in [6, 6.07) is 63.1. The third kappa shape index (κ3) is 36.4. The lowest BCUT2D eigenvalue weighted by atomic mass is 9.87. The molecule has 0 aliphatic carbocycles. The van der Waals surface area contributed by atoms with Crippen LogP contribution < -0.4 is 5.32 Å². The fraction of sp³-hybridized carbons (Fsp3) is 0.487. The molecule has 9 heteroatoms. The maximum Gasteiger partial charge on any atom is 0.303 e. The van der Waals surface area contributed by atoms with Gasteiger partial charge in [0.05, 0.1) is 6.42 Å². The van der Waals surface area contributed by atoms with Gasteiger partial charge in [-0.05, 0) is 166 Å². The minimum atomic E-state index is -0.744. The number of rotatable bonds is 19. The number of carbonyl (C=O) groups is 2. The Kier molecular flexibility index (Phi) is 43.9. The highest BCUT2D eigenvalue weighted by molar-refractivity contribution is 14.1. The summed E-state index contributed by atoms with van der Waals surface area (Å²) in [6.07, 6.45) is 18.1. The van der Waals surface area contributed by atoms with Gasteiger partial charge in [-0.25, -0.2) is 0 Å². The van der Waals surface area contributed by atoms with E-state index in [1.54, 1.807) is 5.57 Å². The molecule has 87 heavy (non-hydrogen) atoms. The molecule has 6 aromatic rings. The highest BCUT2D eigenvalue weighted by atomic mass is 127. The maximum atomic E-state index is 10.6. The highest BCUT2D eigenvalue weighted by Crippen LogP contribution is 2.27. The SMILES string of the molecule is CCC[C@@H](C)c1ccccc1.CN1CCC(=O)CC1.C[C@H](CC(=O)O)c1ccccc1.C[C@H](CC=C1CCN(C)CC1)c1ccccc1.C[C@H](CCC1CCNCC1)c1ccccc1.C[C@H](CCI)c1ccccc1.C[C@H](CCO)c1ccccc1.Cl. The number of ketones is 1. The number of carboxylic acids is 1. The van der Waals surface area contributed by atoms with Gasteiger partial charge in [-0.3, -0.25) is 9.59 Å². The van der Waals surface area contributed by atoms with Crippen LogP contribution in [0.1, 0.15) is 207 Å². The number of piperidine rings is 3. The molecule has 0 spiro atoms. The first-order valence-electron chi connectivity index (χ1n) is 32.6. The Morgan fingerprint density at radius 3 is 1.20 bits per heavy atom. The second-order valence-corrected chi connectivity index (χ2v) is 25.3. The smallest absolute Gasteiger partial charge is 0.303 e. The molecule has 0 aromatic heterocycles. The molecule has 0 unspecified atom stereocenters. The van der Waals surface area contributed by atoms with Gasteiger partial charge in [0.15, 0.2) is 0 Å². The van der Waals surface area contributed by atoms with E-state index in [1.165, 1.54) is 123 Å². The first-order valence-corrected chi connectivity index (χ1v) is 34.1. The van der Waals surface area contributed by atoms with Gasteiger partial charge in [-0.1, -0.05) is 271 Å². The Labute approximate surface area is 549 Å². The van der Waals surface area contributed by atoms with Crippen molar-refractivity contribution in [3.05, 3.63) is 227 Å². The third-order valence-corrected chi connectivity index (χ3v) is 17.5. The molecule has 6 atom stereocenters. The Bertz CT molecular complexity index is 2470. The van der Waals surface area contributed by atoms with Gasteiger partial charge < -0.3 is 25.3 Å². The molecule has 3 fully saturated rings. The van der Waals surface area contributed by atoms with Crippen molar-refractivity contribution in [2.45, 2.75) is 174 Å². The van der Waals surface area contributed by atoms with Crippen LogP contribution in [0.25, 0.3) is 0 Å². The summed E-state index contributed by atoms with van der Waals surface area (Å²) < 4.78 is 1.24. The van der Waals surface area contributed by atoms with Gasteiger partial charge in [-0.15, -0.1) is 12.4 Å². The van der Waals surface area contributed by atoms with Crippen molar-refractivity contribution in [1.29, 1.82) is 0 Å². The van der Waals surface area contributed by atoms with E-state index in [0.717, 1.165) is 55.7 Å². The minimum absolute atomic E-state index is 0. The molecular weight excluding hydrogens is 1210 g/mol. The number of aliphatic hydroxyl groups is 1. The zero-order valence-electron chi connectivity index (χ0n) is 54.9. The van der Waals surface area contributed by atoms with Crippen LogP contribution in [-0.4, -0.2) is 96.2 Å². The zero-order valence-corrected chi connectivity index (χ0v) is 57.9. The van der Waals surface area contributed by atoms with E-state index in [-0.39, 0.29) is 31.4 Å². The van der Waals surface area contributed by atoms with Gasteiger partial charge in [-0.2, -0.15) is 0 Å². The number of Topliss-reactive ketones (excluding diaryl/α,β-unsaturated/α-hetero) is 1. The summed E-state index contributed by atoms with van der Waals surface area (Å²) in [5.74, 6) is 4.01. The van der Waals surface area contributed by atoms with E-state index >= 15 is 0 Å². The van der Waals surface area contributed by atoms with Crippen molar-refractivity contribution >= 4 is 46.8 Å². The summed E-state index contributed by atoms with van der Waals surface area (Å²) in [6.45, 7) is 22.6. The minimum Gasteiger partial charge on any atom is -0.481 e. The van der Waals surface area contributed by atoms with Crippen LogP contribution in [0.3, 0.4) is 0 Å². The van der Waals surface area contributed by atoms with Crippen molar-refractivity contribution in [3.63, 3.8) is 0 Å². The topological polar surface area (TPSA) is 93.1 Å². The normalized spacial score (nSPS) is 16.1. The molecule has 478 valence electrons. The monoisotopic (exact) mass is 1320 g/mol. The Hall–Kier alpha value is -4.94. The molecule has 7 nitrogen and oxygen atoms in total. The molecule has 3 aliphatic rings. The number of nitrogens with zero attached hydrogens (tertiary/aromatic N) is 2. The van der Waals surface area contributed by atoms with Gasteiger partial charge in [0, 0.05) is 50.1 Å². The number of hydrogen-bond donors (Lipinski definition) is 3. The number of carboxylic acid groups (broad SMARTS) is 1. The highest BCUT2D eigenvalue weighted by Gasteiger charge is 2.16. The number of likely N-dealkylation sites (tertiary alicyclic amines) is 2. The summed E-state index contributed by atoms with van der Waals surface area (Å²) in [4.78, 5) is 25.6. The van der Waals surface area contributed by atoms with E-state index in [2.05, 4.69) is 226 Å². The van der Waals surface area contributed by atoms with E-state index in [9.17, 15) is 9.59 Å². The molecule has 6 aromatic carbocycles. The molecule has 0 amide bonds. The second kappa shape index (κ2) is 48.9. The van der Waals surface area contributed by atoms with Crippen LogP contribution in [0, 0.1) is 5.92 Å². The Morgan fingerprint density at radius 2 is 0.851 bits per heavy atom. The lowest BCUT2D eigenvalue weighted by Gasteiger charge is -2.24. The quantitative estimate of drug-likeness (QED) is 0.0423. The molecule has 0 radical (unpaired) electrons. The van der Waals surface area contributed by atoms with Crippen LogP contribution in [0.15, 0.2) is 194 Å². The van der Waals surface area contributed by atoms with E-state index < -0.39 is 5.97 Å².